The smallest absolute Gasteiger partial charge is 0.0120 e. The molecule has 0 saturated heterocycles. The number of hydrogen-bond donors (Lipinski definition) is 1. The third-order valence-electron chi connectivity index (χ3n) is 2.08. The predicted octanol–water partition coefficient (Wildman–Crippen LogP) is 1.69. The fourth-order valence-corrected chi connectivity index (χ4v) is 1.59. The van der Waals surface area contributed by atoms with E-state index in [1.165, 1.54) is 11.1 Å². The van der Waals surface area contributed by atoms with Crippen LogP contribution < -0.4 is 5.73 Å². The third kappa shape index (κ3) is 1.63. The summed E-state index contributed by atoms with van der Waals surface area (Å²) in [6.45, 7) is 0. The van der Waals surface area contributed by atoms with Crippen LogP contribution in [0.2, 0.25) is 0 Å². The first kappa shape index (κ1) is 8.75. The Hall–Kier alpha value is -0.340. The van der Waals surface area contributed by atoms with E-state index in [1.54, 1.807) is 0 Å². The van der Waals surface area contributed by atoms with Crippen molar-refractivity contribution >= 4 is 17.0 Å². The molecule has 11 heavy (non-hydrogen) atoms. The lowest BCUT2D eigenvalue weighted by molar-refractivity contribution is 0.721. The molecule has 2 heteroatoms. The van der Waals surface area contributed by atoms with Gasteiger partial charge in [0.15, 0.2) is 0 Å². The van der Waals surface area contributed by atoms with E-state index in [2.05, 4.69) is 24.3 Å². The zero-order valence-corrected chi connectivity index (χ0v) is 8.00. The maximum absolute atomic E-state index is 5.78. The largest absolute Gasteiger partial charge is 0.327 e. The van der Waals surface area contributed by atoms with Crippen molar-refractivity contribution in [2.45, 2.75) is 18.9 Å². The van der Waals surface area contributed by atoms with Gasteiger partial charge in [-0.3, -0.25) is 0 Å². The van der Waals surface area contributed by atoms with Gasteiger partial charge >= 0.3 is 0 Å². The van der Waals surface area contributed by atoms with Crippen LogP contribution in [-0.2, 0) is 12.8 Å². The molecule has 2 N–H and O–H groups in total. The van der Waals surface area contributed by atoms with E-state index in [0.717, 1.165) is 12.8 Å². The molecule has 0 amide bonds. The number of rotatable bonds is 0. The molecule has 1 aromatic carbocycles. The molecule has 0 unspecified atom stereocenters. The van der Waals surface area contributed by atoms with Crippen molar-refractivity contribution in [1.29, 1.82) is 0 Å². The molecule has 0 aromatic heterocycles. The van der Waals surface area contributed by atoms with E-state index >= 15 is 0 Å². The van der Waals surface area contributed by atoms with Gasteiger partial charge in [-0.05, 0) is 24.0 Å². The zero-order chi connectivity index (χ0) is 6.97. The average Bonchev–Trinajstić information content (AvgIpc) is 2.27. The molecule has 2 rings (SSSR count). The highest BCUT2D eigenvalue weighted by Gasteiger charge is 2.15. The number of halogens is 1. The lowest BCUT2D eigenvalue weighted by Gasteiger charge is -1.94. The lowest BCUT2D eigenvalue weighted by Crippen LogP contribution is -2.18. The van der Waals surface area contributed by atoms with Crippen LogP contribution in [0.15, 0.2) is 24.3 Å². The maximum Gasteiger partial charge on any atom is 0.0120 e. The molecular formula is C9H12BrN. The summed E-state index contributed by atoms with van der Waals surface area (Å²) >= 11 is 0. The molecule has 0 atom stereocenters. The highest BCUT2D eigenvalue weighted by atomic mass is 79.9. The summed E-state index contributed by atoms with van der Waals surface area (Å²) < 4.78 is 0. The monoisotopic (exact) mass is 213 g/mol. The topological polar surface area (TPSA) is 26.0 Å². The molecule has 1 aliphatic carbocycles. The molecular weight excluding hydrogens is 202 g/mol. The summed E-state index contributed by atoms with van der Waals surface area (Å²) in [5.74, 6) is 0. The van der Waals surface area contributed by atoms with Gasteiger partial charge in [-0.25, -0.2) is 0 Å². The van der Waals surface area contributed by atoms with E-state index < -0.39 is 0 Å². The molecule has 0 saturated carbocycles. The Morgan fingerprint density at radius 2 is 1.55 bits per heavy atom. The molecule has 1 nitrogen and oxygen atoms in total. The minimum atomic E-state index is 0. The Morgan fingerprint density at radius 3 is 2.00 bits per heavy atom. The summed E-state index contributed by atoms with van der Waals surface area (Å²) in [6.07, 6.45) is 2.13. The molecule has 0 fully saturated rings. The second kappa shape index (κ2) is 3.37. The fourth-order valence-electron chi connectivity index (χ4n) is 1.59. The van der Waals surface area contributed by atoms with Gasteiger partial charge in [0.25, 0.3) is 0 Å². The average molecular weight is 214 g/mol. The lowest BCUT2D eigenvalue weighted by atomic mass is 10.1. The van der Waals surface area contributed by atoms with Gasteiger partial charge in [-0.1, -0.05) is 24.3 Å². The number of fused-ring (bicyclic) bond motifs is 1. The van der Waals surface area contributed by atoms with Crippen LogP contribution in [0.3, 0.4) is 0 Å². The Labute approximate surface area is 77.4 Å². The highest BCUT2D eigenvalue weighted by molar-refractivity contribution is 8.93. The normalized spacial score (nSPS) is 15.7. The van der Waals surface area contributed by atoms with Crippen molar-refractivity contribution < 1.29 is 0 Å². The highest BCUT2D eigenvalue weighted by Crippen LogP contribution is 2.19. The van der Waals surface area contributed by atoms with Gasteiger partial charge in [0, 0.05) is 6.04 Å². The minimum Gasteiger partial charge on any atom is -0.327 e. The SMILES string of the molecule is Br.NC1Cc2ccccc2C1. The van der Waals surface area contributed by atoms with Crippen LogP contribution in [0.1, 0.15) is 11.1 Å². The Morgan fingerprint density at radius 1 is 1.09 bits per heavy atom. The maximum atomic E-state index is 5.78. The fraction of sp³-hybridized carbons (Fsp3) is 0.333. The van der Waals surface area contributed by atoms with Crippen LogP contribution in [0, 0.1) is 0 Å². The summed E-state index contributed by atoms with van der Waals surface area (Å²) in [5.41, 5.74) is 8.66. The molecule has 1 aromatic rings. The number of benzene rings is 1. The van der Waals surface area contributed by atoms with Crippen LogP contribution in [0.25, 0.3) is 0 Å². The summed E-state index contributed by atoms with van der Waals surface area (Å²) in [7, 11) is 0. The third-order valence-corrected chi connectivity index (χ3v) is 2.08. The van der Waals surface area contributed by atoms with Crippen molar-refractivity contribution in [1.82, 2.24) is 0 Å². The van der Waals surface area contributed by atoms with Crippen LogP contribution in [0.4, 0.5) is 0 Å². The Bertz CT molecular complexity index is 222. The van der Waals surface area contributed by atoms with Crippen molar-refractivity contribution in [3.63, 3.8) is 0 Å². The van der Waals surface area contributed by atoms with E-state index in [1.807, 2.05) is 0 Å². The Kier molecular flexibility index (Phi) is 2.68. The number of nitrogens with two attached hydrogens (primary N) is 1. The second-order valence-electron chi connectivity index (χ2n) is 2.94. The van der Waals surface area contributed by atoms with Gasteiger partial charge in [0.2, 0.25) is 0 Å². The zero-order valence-electron chi connectivity index (χ0n) is 6.29. The van der Waals surface area contributed by atoms with E-state index in [4.69, 9.17) is 5.73 Å². The van der Waals surface area contributed by atoms with Crippen molar-refractivity contribution in [3.05, 3.63) is 35.4 Å². The van der Waals surface area contributed by atoms with Gasteiger partial charge in [-0.15, -0.1) is 17.0 Å². The van der Waals surface area contributed by atoms with Gasteiger partial charge < -0.3 is 5.73 Å². The van der Waals surface area contributed by atoms with Gasteiger partial charge in [0.05, 0.1) is 0 Å². The van der Waals surface area contributed by atoms with E-state index in [0.29, 0.717) is 6.04 Å². The van der Waals surface area contributed by atoms with Crippen LogP contribution in [-0.4, -0.2) is 6.04 Å². The summed E-state index contributed by atoms with van der Waals surface area (Å²) in [4.78, 5) is 0. The van der Waals surface area contributed by atoms with Crippen molar-refractivity contribution in [2.75, 3.05) is 0 Å². The number of hydrogen-bond acceptors (Lipinski definition) is 1. The first-order valence-electron chi connectivity index (χ1n) is 3.68. The first-order valence-corrected chi connectivity index (χ1v) is 3.68. The minimum absolute atomic E-state index is 0. The Balaban J connectivity index is 0.000000605. The molecule has 0 spiro atoms. The first-order chi connectivity index (χ1) is 4.86. The van der Waals surface area contributed by atoms with E-state index in [-0.39, 0.29) is 17.0 Å². The standard InChI is InChI=1S/C9H11N.BrH/c10-9-5-7-3-1-2-4-8(7)6-9;/h1-4,9H,5-6,10H2;1H. The van der Waals surface area contributed by atoms with Gasteiger partial charge in [-0.2, -0.15) is 0 Å². The van der Waals surface area contributed by atoms with Gasteiger partial charge in [0.1, 0.15) is 0 Å². The quantitative estimate of drug-likeness (QED) is 0.698. The molecule has 0 radical (unpaired) electrons. The van der Waals surface area contributed by atoms with Crippen molar-refractivity contribution in [2.24, 2.45) is 5.73 Å². The summed E-state index contributed by atoms with van der Waals surface area (Å²) in [5, 5.41) is 0. The molecule has 0 aliphatic heterocycles. The predicted molar refractivity (Wildman–Crippen MR) is 52.1 cm³/mol. The van der Waals surface area contributed by atoms with Crippen LogP contribution >= 0.6 is 17.0 Å². The molecule has 1 aliphatic rings. The molecule has 0 heterocycles. The van der Waals surface area contributed by atoms with Crippen LogP contribution in [0.5, 0.6) is 0 Å². The van der Waals surface area contributed by atoms with E-state index in [9.17, 15) is 0 Å². The summed E-state index contributed by atoms with van der Waals surface area (Å²) in [6, 6.07) is 8.87. The second-order valence-corrected chi connectivity index (χ2v) is 2.94. The molecule has 0 bridgehead atoms. The molecule has 60 valence electrons. The van der Waals surface area contributed by atoms with Crippen molar-refractivity contribution in [3.8, 4) is 0 Å².